The van der Waals surface area contributed by atoms with Crippen LogP contribution in [-0.2, 0) is 14.3 Å². The third-order valence-electron chi connectivity index (χ3n) is 5.61. The highest BCUT2D eigenvalue weighted by atomic mass is 16.5. The Morgan fingerprint density at radius 2 is 1.91 bits per heavy atom. The van der Waals surface area contributed by atoms with Gasteiger partial charge in [-0.25, -0.2) is 0 Å². The molecule has 0 unspecified atom stereocenters. The van der Waals surface area contributed by atoms with Gasteiger partial charge in [0.05, 0.1) is 25.1 Å². The molecule has 1 aromatic carbocycles. The van der Waals surface area contributed by atoms with Crippen LogP contribution in [0.15, 0.2) is 65.3 Å². The molecule has 2 aliphatic rings. The Labute approximate surface area is 186 Å². The molecule has 1 amide bonds. The van der Waals surface area contributed by atoms with E-state index in [1.807, 2.05) is 0 Å². The van der Waals surface area contributed by atoms with Crippen molar-refractivity contribution in [1.82, 2.24) is 9.80 Å². The van der Waals surface area contributed by atoms with Crippen LogP contribution >= 0.6 is 0 Å². The number of amides is 1. The number of ketones is 1. The average Bonchev–Trinajstić information content (AvgIpc) is 3.44. The van der Waals surface area contributed by atoms with E-state index in [0.29, 0.717) is 50.0 Å². The van der Waals surface area contributed by atoms with Gasteiger partial charge in [0.2, 0.25) is 0 Å². The summed E-state index contributed by atoms with van der Waals surface area (Å²) in [5.41, 5.74) is 0.436. The number of rotatable bonds is 8. The van der Waals surface area contributed by atoms with Gasteiger partial charge in [0, 0.05) is 31.7 Å². The van der Waals surface area contributed by atoms with Crippen molar-refractivity contribution in [1.29, 1.82) is 0 Å². The molecule has 2 aliphatic heterocycles. The summed E-state index contributed by atoms with van der Waals surface area (Å²) in [5.74, 6) is -0.576. The number of carbonyl (C=O) groups is 2. The maximum atomic E-state index is 13.0. The Hall–Kier alpha value is -3.36. The summed E-state index contributed by atoms with van der Waals surface area (Å²) >= 11 is 0. The molecule has 0 bridgehead atoms. The molecule has 8 heteroatoms. The number of carbonyl (C=O) groups excluding carboxylic acids is 2. The van der Waals surface area contributed by atoms with Crippen molar-refractivity contribution in [3.05, 3.63) is 72.2 Å². The van der Waals surface area contributed by atoms with Crippen LogP contribution in [0.25, 0.3) is 5.76 Å². The van der Waals surface area contributed by atoms with Gasteiger partial charge < -0.3 is 23.9 Å². The molecule has 0 radical (unpaired) electrons. The molecular formula is C24H26N2O6. The highest BCUT2D eigenvalue weighted by Crippen LogP contribution is 2.39. The fourth-order valence-corrected chi connectivity index (χ4v) is 3.95. The van der Waals surface area contributed by atoms with Crippen LogP contribution < -0.4 is 4.74 Å². The summed E-state index contributed by atoms with van der Waals surface area (Å²) < 4.78 is 16.4. The zero-order valence-electron chi connectivity index (χ0n) is 17.7. The van der Waals surface area contributed by atoms with Gasteiger partial charge in [0.15, 0.2) is 0 Å². The van der Waals surface area contributed by atoms with Crippen LogP contribution in [0, 0.1) is 0 Å². The van der Waals surface area contributed by atoms with Crippen molar-refractivity contribution >= 4 is 17.4 Å². The summed E-state index contributed by atoms with van der Waals surface area (Å²) in [5, 5.41) is 11.0. The van der Waals surface area contributed by atoms with E-state index in [9.17, 15) is 14.7 Å². The molecular weight excluding hydrogens is 412 g/mol. The average molecular weight is 438 g/mol. The monoisotopic (exact) mass is 438 g/mol. The number of aliphatic hydroxyl groups is 1. The molecule has 2 fully saturated rings. The topological polar surface area (TPSA) is 92.5 Å². The lowest BCUT2D eigenvalue weighted by Crippen LogP contribution is -2.42. The van der Waals surface area contributed by atoms with E-state index in [4.69, 9.17) is 13.9 Å². The molecule has 0 spiro atoms. The van der Waals surface area contributed by atoms with Gasteiger partial charge in [-0.3, -0.25) is 14.5 Å². The summed E-state index contributed by atoms with van der Waals surface area (Å²) in [6, 6.07) is 9.29. The third-order valence-corrected chi connectivity index (χ3v) is 5.61. The van der Waals surface area contributed by atoms with Gasteiger partial charge in [0.25, 0.3) is 11.7 Å². The minimum absolute atomic E-state index is 0.0201. The first-order valence-corrected chi connectivity index (χ1v) is 10.6. The second-order valence-electron chi connectivity index (χ2n) is 7.59. The van der Waals surface area contributed by atoms with Crippen molar-refractivity contribution in [2.75, 3.05) is 46.0 Å². The first-order chi connectivity index (χ1) is 15.6. The predicted molar refractivity (Wildman–Crippen MR) is 117 cm³/mol. The Morgan fingerprint density at radius 1 is 1.16 bits per heavy atom. The molecule has 8 nitrogen and oxygen atoms in total. The lowest BCUT2D eigenvalue weighted by Gasteiger charge is -2.30. The number of ether oxygens (including phenoxy) is 2. The zero-order chi connectivity index (χ0) is 22.5. The van der Waals surface area contributed by atoms with Crippen LogP contribution in [-0.4, -0.2) is 72.6 Å². The van der Waals surface area contributed by atoms with Crippen molar-refractivity contribution in [2.45, 2.75) is 6.04 Å². The number of Topliss-reactive ketones (excluding diaryl/α,β-unsaturated/α-hetero) is 1. The zero-order valence-corrected chi connectivity index (χ0v) is 17.7. The number of hydrogen-bond acceptors (Lipinski definition) is 7. The van der Waals surface area contributed by atoms with Gasteiger partial charge in [0.1, 0.15) is 29.9 Å². The third kappa shape index (κ3) is 4.46. The highest BCUT2D eigenvalue weighted by Gasteiger charge is 2.47. The van der Waals surface area contributed by atoms with E-state index in [1.54, 1.807) is 42.5 Å². The number of hydrogen-bond donors (Lipinski definition) is 1. The SMILES string of the molecule is C=CCOc1ccc(C(O)=C2C(=O)C(=O)N(CCN3CCOCC3)[C@@H]2c2ccco2)cc1. The molecule has 3 heterocycles. The van der Waals surface area contributed by atoms with Gasteiger partial charge in [-0.2, -0.15) is 0 Å². The predicted octanol–water partition coefficient (Wildman–Crippen LogP) is 2.60. The van der Waals surface area contributed by atoms with E-state index in [-0.39, 0.29) is 11.3 Å². The molecule has 2 saturated heterocycles. The van der Waals surface area contributed by atoms with E-state index in [0.717, 1.165) is 13.1 Å². The summed E-state index contributed by atoms with van der Waals surface area (Å²) in [6.45, 7) is 7.74. The van der Waals surface area contributed by atoms with Gasteiger partial charge in [-0.15, -0.1) is 0 Å². The minimum atomic E-state index is -0.789. The maximum absolute atomic E-state index is 13.0. The van der Waals surface area contributed by atoms with Crippen molar-refractivity contribution in [2.24, 2.45) is 0 Å². The largest absolute Gasteiger partial charge is 0.507 e. The van der Waals surface area contributed by atoms with Gasteiger partial charge >= 0.3 is 0 Å². The van der Waals surface area contributed by atoms with Crippen molar-refractivity contribution in [3.8, 4) is 5.75 Å². The number of aliphatic hydroxyl groups excluding tert-OH is 1. The second-order valence-corrected chi connectivity index (χ2v) is 7.59. The number of benzene rings is 1. The molecule has 1 N–H and O–H groups in total. The number of furan rings is 1. The second kappa shape index (κ2) is 9.84. The first-order valence-electron chi connectivity index (χ1n) is 10.6. The van der Waals surface area contributed by atoms with Gasteiger partial charge in [-0.1, -0.05) is 12.7 Å². The van der Waals surface area contributed by atoms with Crippen LogP contribution in [0.3, 0.4) is 0 Å². The molecule has 32 heavy (non-hydrogen) atoms. The van der Waals surface area contributed by atoms with Gasteiger partial charge in [-0.05, 0) is 36.4 Å². The van der Waals surface area contributed by atoms with E-state index in [2.05, 4.69) is 11.5 Å². The lowest BCUT2D eigenvalue weighted by atomic mass is 9.99. The highest BCUT2D eigenvalue weighted by molar-refractivity contribution is 6.46. The molecule has 1 atom stereocenters. The first kappa shape index (κ1) is 21.9. The fourth-order valence-electron chi connectivity index (χ4n) is 3.95. The van der Waals surface area contributed by atoms with Crippen LogP contribution in [0.4, 0.5) is 0 Å². The molecule has 1 aromatic heterocycles. The minimum Gasteiger partial charge on any atom is -0.507 e. The molecule has 0 aliphatic carbocycles. The van der Waals surface area contributed by atoms with Crippen LogP contribution in [0.1, 0.15) is 17.4 Å². The lowest BCUT2D eigenvalue weighted by molar-refractivity contribution is -0.140. The van der Waals surface area contributed by atoms with Crippen LogP contribution in [0.5, 0.6) is 5.75 Å². The number of nitrogens with zero attached hydrogens (tertiary/aromatic N) is 2. The Balaban J connectivity index is 1.64. The molecule has 168 valence electrons. The normalized spacial score (nSPS) is 21.1. The van der Waals surface area contributed by atoms with E-state index >= 15 is 0 Å². The number of morpholine rings is 1. The Kier molecular flexibility index (Phi) is 6.72. The Morgan fingerprint density at radius 3 is 2.56 bits per heavy atom. The van der Waals surface area contributed by atoms with E-state index in [1.165, 1.54) is 11.2 Å². The quantitative estimate of drug-likeness (QED) is 0.293. The van der Waals surface area contributed by atoms with Crippen molar-refractivity contribution < 1.29 is 28.6 Å². The Bertz CT molecular complexity index is 990. The fraction of sp³-hybridized carbons (Fsp3) is 0.333. The van der Waals surface area contributed by atoms with E-state index < -0.39 is 17.7 Å². The summed E-state index contributed by atoms with van der Waals surface area (Å²) in [4.78, 5) is 29.6. The maximum Gasteiger partial charge on any atom is 0.295 e. The van der Waals surface area contributed by atoms with Crippen molar-refractivity contribution in [3.63, 3.8) is 0 Å². The molecule has 0 saturated carbocycles. The number of likely N-dealkylation sites (tertiary alicyclic amines) is 1. The smallest absolute Gasteiger partial charge is 0.295 e. The standard InChI is InChI=1S/C24H26N2O6/c1-2-13-31-18-7-5-17(6-8-18)22(27)20-21(19-4-3-14-32-19)26(24(29)23(20)28)10-9-25-11-15-30-16-12-25/h2-8,14,21,27H,1,9-13,15-16H2/t21-/m1/s1. The summed E-state index contributed by atoms with van der Waals surface area (Å²) in [6.07, 6.45) is 3.12. The molecule has 2 aromatic rings. The van der Waals surface area contributed by atoms with Crippen LogP contribution in [0.2, 0.25) is 0 Å². The summed E-state index contributed by atoms with van der Waals surface area (Å²) in [7, 11) is 0. The molecule has 4 rings (SSSR count).